The highest BCUT2D eigenvalue weighted by Gasteiger charge is 2.36. The van der Waals surface area contributed by atoms with Crippen LogP contribution in [0.5, 0.6) is 11.5 Å². The number of esters is 1. The lowest BCUT2D eigenvalue weighted by atomic mass is 9.70. The van der Waals surface area contributed by atoms with Crippen molar-refractivity contribution in [2.75, 3.05) is 13.2 Å². The number of carbonyl (C=O) groups is 1. The Bertz CT molecular complexity index is 725. The van der Waals surface area contributed by atoms with Crippen molar-refractivity contribution in [1.29, 1.82) is 0 Å². The maximum atomic E-state index is 12.6. The van der Waals surface area contributed by atoms with Gasteiger partial charge in [-0.1, -0.05) is 33.3 Å². The van der Waals surface area contributed by atoms with Crippen LogP contribution in [0.2, 0.25) is 0 Å². The Balaban J connectivity index is 2.37. The van der Waals surface area contributed by atoms with Crippen molar-refractivity contribution in [3.8, 4) is 11.5 Å². The van der Waals surface area contributed by atoms with E-state index in [4.69, 9.17) is 4.74 Å². The van der Waals surface area contributed by atoms with E-state index in [2.05, 4.69) is 19.9 Å². The number of carbonyl (C=O) groups excluding carboxylic acids is 1. The molecule has 0 fully saturated rings. The molecule has 162 valence electrons. The van der Waals surface area contributed by atoms with Crippen LogP contribution in [0.15, 0.2) is 23.8 Å². The van der Waals surface area contributed by atoms with Crippen LogP contribution in [0.4, 0.5) is 0 Å². The van der Waals surface area contributed by atoms with Gasteiger partial charge in [0.2, 0.25) is 0 Å². The lowest BCUT2D eigenvalue weighted by Gasteiger charge is -2.35. The molecule has 0 aromatic heterocycles. The van der Waals surface area contributed by atoms with E-state index in [1.165, 1.54) is 0 Å². The number of unbranched alkanes of at least 4 members (excludes halogenated alkanes) is 1. The molecule has 0 saturated heterocycles. The highest BCUT2D eigenvalue weighted by Crippen LogP contribution is 2.48. The summed E-state index contributed by atoms with van der Waals surface area (Å²) in [4.78, 5) is 12.6. The summed E-state index contributed by atoms with van der Waals surface area (Å²) in [6, 6.07) is 3.15. The van der Waals surface area contributed by atoms with Crippen molar-refractivity contribution in [1.82, 2.24) is 0 Å². The number of phenolic OH excluding ortho intramolecular Hbond substituents is 2. The Kier molecular flexibility index (Phi) is 7.75. The number of aromatic hydroxyl groups is 2. The number of aliphatic hydroxyl groups is 1. The highest BCUT2D eigenvalue weighted by molar-refractivity contribution is 5.82. The number of benzene rings is 1. The van der Waals surface area contributed by atoms with E-state index in [-0.39, 0.29) is 35.9 Å². The summed E-state index contributed by atoms with van der Waals surface area (Å²) in [5.74, 6) is 0.130. The number of rotatable bonds is 8. The minimum absolute atomic E-state index is 0.00993. The third kappa shape index (κ3) is 5.13. The molecule has 5 heteroatoms. The van der Waals surface area contributed by atoms with Gasteiger partial charge in [-0.25, -0.2) is 0 Å². The second kappa shape index (κ2) is 9.66. The number of aliphatic hydroxyl groups excluding tert-OH is 1. The zero-order valence-electron chi connectivity index (χ0n) is 18.4. The van der Waals surface area contributed by atoms with E-state index in [1.807, 2.05) is 6.92 Å². The fraction of sp³-hybridized carbons (Fsp3) is 0.625. The minimum atomic E-state index is -0.985. The van der Waals surface area contributed by atoms with Crippen LogP contribution < -0.4 is 0 Å². The summed E-state index contributed by atoms with van der Waals surface area (Å²) in [6.45, 7) is 10.1. The van der Waals surface area contributed by atoms with E-state index in [0.29, 0.717) is 30.1 Å². The van der Waals surface area contributed by atoms with Crippen LogP contribution >= 0.6 is 0 Å². The van der Waals surface area contributed by atoms with Crippen molar-refractivity contribution in [3.63, 3.8) is 0 Å². The van der Waals surface area contributed by atoms with Crippen LogP contribution in [0.25, 0.3) is 0 Å². The molecule has 1 aromatic rings. The maximum Gasteiger partial charge on any atom is 0.315 e. The molecule has 0 aliphatic heterocycles. The molecule has 2 atom stereocenters. The summed E-state index contributed by atoms with van der Waals surface area (Å²) < 4.78 is 5.37. The average Bonchev–Trinajstić information content (AvgIpc) is 2.67. The average molecular weight is 405 g/mol. The molecule has 1 aliphatic rings. The van der Waals surface area contributed by atoms with Gasteiger partial charge in [0.1, 0.15) is 11.5 Å². The van der Waals surface area contributed by atoms with Crippen molar-refractivity contribution < 1.29 is 24.9 Å². The topological polar surface area (TPSA) is 87.0 Å². The summed E-state index contributed by atoms with van der Waals surface area (Å²) in [5, 5.41) is 31.3. The Labute approximate surface area is 174 Å². The van der Waals surface area contributed by atoms with E-state index in [1.54, 1.807) is 26.0 Å². The van der Waals surface area contributed by atoms with E-state index >= 15 is 0 Å². The van der Waals surface area contributed by atoms with Gasteiger partial charge in [0.25, 0.3) is 0 Å². The summed E-state index contributed by atoms with van der Waals surface area (Å²) in [6.07, 6.45) is 5.21. The van der Waals surface area contributed by atoms with Crippen molar-refractivity contribution in [2.45, 2.75) is 71.6 Å². The third-order valence-electron chi connectivity index (χ3n) is 6.21. The normalized spacial score (nSPS) is 19.9. The fourth-order valence-corrected chi connectivity index (χ4v) is 4.14. The molecule has 1 aliphatic carbocycles. The van der Waals surface area contributed by atoms with E-state index in [9.17, 15) is 20.1 Å². The first-order chi connectivity index (χ1) is 13.6. The van der Waals surface area contributed by atoms with Gasteiger partial charge in [0.05, 0.1) is 18.6 Å². The van der Waals surface area contributed by atoms with E-state index < -0.39 is 5.41 Å². The number of ether oxygens (including phenoxy) is 1. The molecule has 1 aromatic carbocycles. The fourth-order valence-electron chi connectivity index (χ4n) is 4.14. The largest absolute Gasteiger partial charge is 0.508 e. The molecule has 5 nitrogen and oxygen atoms in total. The molecule has 29 heavy (non-hydrogen) atoms. The molecule has 0 radical (unpaired) electrons. The van der Waals surface area contributed by atoms with Crippen LogP contribution in [0, 0.1) is 11.8 Å². The van der Waals surface area contributed by atoms with Gasteiger partial charge in [-0.3, -0.25) is 4.79 Å². The Morgan fingerprint density at radius 3 is 2.38 bits per heavy atom. The van der Waals surface area contributed by atoms with Crippen LogP contribution in [-0.4, -0.2) is 34.5 Å². The van der Waals surface area contributed by atoms with Crippen molar-refractivity contribution >= 4 is 5.97 Å². The highest BCUT2D eigenvalue weighted by atomic mass is 16.5. The Morgan fingerprint density at radius 2 is 1.86 bits per heavy atom. The number of allylic oxidation sites excluding steroid dienone is 1. The summed E-state index contributed by atoms with van der Waals surface area (Å²) in [7, 11) is 0. The Hall–Kier alpha value is -2.01. The van der Waals surface area contributed by atoms with Crippen LogP contribution in [0.1, 0.15) is 77.3 Å². The summed E-state index contributed by atoms with van der Waals surface area (Å²) in [5.41, 5.74) is 0.963. The van der Waals surface area contributed by atoms with Gasteiger partial charge in [-0.2, -0.15) is 0 Å². The van der Waals surface area contributed by atoms with Gasteiger partial charge >= 0.3 is 5.97 Å². The molecule has 0 saturated carbocycles. The van der Waals surface area contributed by atoms with Gasteiger partial charge < -0.3 is 20.1 Å². The first-order valence-corrected chi connectivity index (χ1v) is 10.7. The second-order valence-electron chi connectivity index (χ2n) is 9.02. The van der Waals surface area contributed by atoms with E-state index in [0.717, 1.165) is 24.8 Å². The van der Waals surface area contributed by atoms with Crippen LogP contribution in [0.3, 0.4) is 0 Å². The quantitative estimate of drug-likeness (QED) is 0.329. The van der Waals surface area contributed by atoms with Gasteiger partial charge in [-0.05, 0) is 74.1 Å². The third-order valence-corrected chi connectivity index (χ3v) is 6.21. The Morgan fingerprint density at radius 1 is 1.24 bits per heavy atom. The number of hydrogen-bond acceptors (Lipinski definition) is 5. The summed E-state index contributed by atoms with van der Waals surface area (Å²) >= 11 is 0. The molecule has 0 heterocycles. The predicted octanol–water partition coefficient (Wildman–Crippen LogP) is 4.79. The first-order valence-electron chi connectivity index (χ1n) is 10.7. The molecular weight excluding hydrogens is 368 g/mol. The number of phenols is 2. The molecule has 2 rings (SSSR count). The first kappa shape index (κ1) is 23.3. The van der Waals surface area contributed by atoms with Crippen molar-refractivity contribution in [3.05, 3.63) is 34.9 Å². The van der Waals surface area contributed by atoms with Crippen molar-refractivity contribution in [2.24, 2.45) is 11.8 Å². The lowest BCUT2D eigenvalue weighted by Crippen LogP contribution is -2.31. The monoisotopic (exact) mass is 404 g/mol. The molecule has 0 spiro atoms. The molecule has 0 bridgehead atoms. The maximum absolute atomic E-state index is 12.6. The molecule has 0 amide bonds. The zero-order valence-corrected chi connectivity index (χ0v) is 18.4. The lowest BCUT2D eigenvalue weighted by molar-refractivity contribution is -0.149. The SMILES string of the molecule is CCCCOC(=O)C(C)(C)c1cc(O)c([C@@H]2CC(CO)=CC[C@H]2C(C)C)c(O)c1. The molecular formula is C24H36O5. The predicted molar refractivity (Wildman–Crippen MR) is 114 cm³/mol. The smallest absolute Gasteiger partial charge is 0.315 e. The molecule has 3 N–H and O–H groups in total. The van der Waals surface area contributed by atoms with Gasteiger partial charge in [0, 0.05) is 5.56 Å². The number of hydrogen-bond donors (Lipinski definition) is 3. The van der Waals surface area contributed by atoms with Gasteiger partial charge in [-0.15, -0.1) is 0 Å². The van der Waals surface area contributed by atoms with Crippen LogP contribution in [-0.2, 0) is 14.9 Å². The standard InChI is InChI=1S/C24H36O5/c1-6-7-10-29-23(28)24(4,5)17-12-20(26)22(21(27)13-17)19-11-16(14-25)8-9-18(19)15(2)3/h8,12-13,15,18-19,25-27H,6-7,9-11,14H2,1-5H3/t18-,19+/m0/s1. The molecule has 0 unspecified atom stereocenters. The second-order valence-corrected chi connectivity index (χ2v) is 9.02. The van der Waals surface area contributed by atoms with Gasteiger partial charge in [0.15, 0.2) is 0 Å². The minimum Gasteiger partial charge on any atom is -0.508 e. The zero-order chi connectivity index (χ0) is 21.8.